The smallest absolute Gasteiger partial charge is 0.272 e. The van der Waals surface area contributed by atoms with E-state index in [4.69, 9.17) is 17.3 Å². The van der Waals surface area contributed by atoms with Crippen LogP contribution in [0.4, 0.5) is 5.82 Å². The molecule has 0 spiro atoms. The number of amides is 2. The van der Waals surface area contributed by atoms with E-state index in [9.17, 15) is 9.59 Å². The topological polar surface area (TPSA) is 127 Å². The van der Waals surface area contributed by atoms with Crippen molar-refractivity contribution < 1.29 is 9.59 Å². The van der Waals surface area contributed by atoms with Gasteiger partial charge in [0.25, 0.3) is 5.91 Å². The molecule has 160 valence electrons. The van der Waals surface area contributed by atoms with Gasteiger partial charge in [-0.1, -0.05) is 0 Å². The number of nitrogens with zero attached hydrogens (tertiary/aromatic N) is 5. The quantitative estimate of drug-likeness (QED) is 0.667. The minimum Gasteiger partial charge on any atom is -0.383 e. The number of nitrogen functional groups attached to an aromatic ring is 1. The molecule has 0 bridgehead atoms. The van der Waals surface area contributed by atoms with Crippen LogP contribution in [-0.4, -0.2) is 56.0 Å². The first kappa shape index (κ1) is 21.9. The lowest BCUT2D eigenvalue weighted by molar-refractivity contribution is -0.134. The zero-order valence-electron chi connectivity index (χ0n) is 17.1. The number of piperidine rings is 1. The van der Waals surface area contributed by atoms with Crippen LogP contribution in [0.5, 0.6) is 0 Å². The van der Waals surface area contributed by atoms with Crippen LogP contribution in [0.2, 0.25) is 5.28 Å². The number of hydrogen-bond donors (Lipinski definition) is 2. The van der Waals surface area contributed by atoms with E-state index in [-0.39, 0.29) is 16.9 Å². The Bertz CT molecular complexity index is 878. The molecule has 3 N–H and O–H groups in total. The zero-order chi connectivity index (χ0) is 21.7. The fraction of sp³-hybridized carbons (Fsp3) is 0.500. The highest BCUT2D eigenvalue weighted by Gasteiger charge is 2.27. The molecule has 1 aliphatic heterocycles. The van der Waals surface area contributed by atoms with E-state index in [0.29, 0.717) is 24.8 Å². The Morgan fingerprint density at radius 1 is 1.33 bits per heavy atom. The van der Waals surface area contributed by atoms with E-state index < -0.39 is 11.9 Å². The van der Waals surface area contributed by atoms with Gasteiger partial charge in [0.1, 0.15) is 11.9 Å². The maximum atomic E-state index is 12.7. The van der Waals surface area contributed by atoms with Crippen molar-refractivity contribution in [1.82, 2.24) is 30.4 Å². The van der Waals surface area contributed by atoms with Gasteiger partial charge in [0, 0.05) is 30.5 Å². The van der Waals surface area contributed by atoms with E-state index >= 15 is 0 Å². The third-order valence-corrected chi connectivity index (χ3v) is 5.64. The van der Waals surface area contributed by atoms with E-state index in [2.05, 4.69) is 25.5 Å². The van der Waals surface area contributed by atoms with Crippen molar-refractivity contribution in [3.63, 3.8) is 0 Å². The van der Waals surface area contributed by atoms with Crippen LogP contribution < -0.4 is 11.1 Å². The molecule has 1 unspecified atom stereocenters. The van der Waals surface area contributed by atoms with Gasteiger partial charge in [-0.25, -0.2) is 9.97 Å². The second-order valence-corrected chi connectivity index (χ2v) is 7.89. The lowest BCUT2D eigenvalue weighted by atomic mass is 9.90. The monoisotopic (exact) mass is 431 g/mol. The van der Waals surface area contributed by atoms with E-state index in [0.717, 1.165) is 36.9 Å². The summed E-state index contributed by atoms with van der Waals surface area (Å²) >= 11 is 5.84. The summed E-state index contributed by atoms with van der Waals surface area (Å²) < 4.78 is 0. The first-order valence-corrected chi connectivity index (χ1v) is 10.4. The second-order valence-electron chi connectivity index (χ2n) is 7.55. The minimum atomic E-state index is -0.621. The maximum Gasteiger partial charge on any atom is 0.272 e. The Hall–Kier alpha value is -2.81. The van der Waals surface area contributed by atoms with Crippen molar-refractivity contribution >= 4 is 29.2 Å². The average molecular weight is 432 g/mol. The van der Waals surface area contributed by atoms with Crippen molar-refractivity contribution in [2.75, 3.05) is 18.8 Å². The second kappa shape index (κ2) is 9.80. The predicted molar refractivity (Wildman–Crippen MR) is 113 cm³/mol. The van der Waals surface area contributed by atoms with Crippen molar-refractivity contribution in [3.05, 3.63) is 40.6 Å². The predicted octanol–water partition coefficient (Wildman–Crippen LogP) is 1.80. The highest BCUT2D eigenvalue weighted by molar-refractivity contribution is 6.28. The molecule has 1 saturated heterocycles. The van der Waals surface area contributed by atoms with Crippen LogP contribution >= 0.6 is 11.6 Å². The number of nitrogens with one attached hydrogen (secondary N) is 1. The molecule has 0 saturated carbocycles. The summed E-state index contributed by atoms with van der Waals surface area (Å²) in [7, 11) is 0. The van der Waals surface area contributed by atoms with Gasteiger partial charge < -0.3 is 16.0 Å². The highest BCUT2D eigenvalue weighted by Crippen LogP contribution is 2.25. The highest BCUT2D eigenvalue weighted by atomic mass is 35.5. The van der Waals surface area contributed by atoms with E-state index in [1.54, 1.807) is 19.1 Å². The van der Waals surface area contributed by atoms with Crippen LogP contribution in [0.1, 0.15) is 47.9 Å². The maximum absolute atomic E-state index is 12.7. The van der Waals surface area contributed by atoms with Crippen molar-refractivity contribution in [2.45, 2.75) is 45.6 Å². The summed E-state index contributed by atoms with van der Waals surface area (Å²) in [4.78, 5) is 34.9. The number of aromatic nitrogens is 4. The Labute approximate surface area is 180 Å². The molecule has 0 aromatic carbocycles. The molecule has 0 aliphatic carbocycles. The van der Waals surface area contributed by atoms with Gasteiger partial charge in [-0.2, -0.15) is 5.10 Å². The molecule has 30 heavy (non-hydrogen) atoms. The first-order chi connectivity index (χ1) is 14.3. The standard InChI is InChI=1S/C20H26ClN7O2/c1-12-15(17(22)26-20(21)25-12)6-5-14-7-10-28(11-8-14)19(30)13(2)24-18(29)16-4-3-9-23-27-16/h3-4,9,13-14H,5-8,10-11H2,1-2H3,(H,24,29)(H2,22,25,26). The first-order valence-electron chi connectivity index (χ1n) is 10.0. The van der Waals surface area contributed by atoms with Crippen LogP contribution in [0.25, 0.3) is 0 Å². The third-order valence-electron chi connectivity index (χ3n) is 5.47. The molecule has 10 heteroatoms. The Kier molecular flexibility index (Phi) is 7.15. The van der Waals surface area contributed by atoms with Crippen LogP contribution in [0.3, 0.4) is 0 Å². The zero-order valence-corrected chi connectivity index (χ0v) is 17.9. The average Bonchev–Trinajstić information content (AvgIpc) is 2.73. The van der Waals surface area contributed by atoms with Crippen LogP contribution in [-0.2, 0) is 11.2 Å². The van der Waals surface area contributed by atoms with Gasteiger partial charge in [-0.15, -0.1) is 5.10 Å². The minimum absolute atomic E-state index is 0.0862. The van der Waals surface area contributed by atoms with Gasteiger partial charge in [0.05, 0.1) is 0 Å². The lowest BCUT2D eigenvalue weighted by Crippen LogP contribution is -2.49. The number of rotatable bonds is 6. The lowest BCUT2D eigenvalue weighted by Gasteiger charge is -2.33. The molecule has 2 amide bonds. The van der Waals surface area contributed by atoms with Gasteiger partial charge >= 0.3 is 0 Å². The van der Waals surface area contributed by atoms with E-state index in [1.807, 2.05) is 11.8 Å². The number of hydrogen-bond acceptors (Lipinski definition) is 7. The molecule has 9 nitrogen and oxygen atoms in total. The SMILES string of the molecule is Cc1nc(Cl)nc(N)c1CCC1CCN(C(=O)C(C)NC(=O)c2cccnn2)CC1. The van der Waals surface area contributed by atoms with Crippen molar-refractivity contribution in [1.29, 1.82) is 0 Å². The fourth-order valence-corrected chi connectivity index (χ4v) is 3.93. The van der Waals surface area contributed by atoms with Gasteiger partial charge in [0.2, 0.25) is 11.2 Å². The number of carbonyl (C=O) groups is 2. The number of halogens is 1. The largest absolute Gasteiger partial charge is 0.383 e. The van der Waals surface area contributed by atoms with E-state index in [1.165, 1.54) is 6.20 Å². The Balaban J connectivity index is 1.47. The summed E-state index contributed by atoms with van der Waals surface area (Å²) in [6.45, 7) is 4.91. The van der Waals surface area contributed by atoms with Gasteiger partial charge in [-0.05, 0) is 69.2 Å². The Morgan fingerprint density at radius 2 is 2.07 bits per heavy atom. The fourth-order valence-electron chi connectivity index (χ4n) is 3.71. The number of aryl methyl sites for hydroxylation is 1. The van der Waals surface area contributed by atoms with Crippen molar-refractivity contribution in [3.8, 4) is 0 Å². The molecule has 3 heterocycles. The molecule has 3 rings (SSSR count). The molecule has 1 aliphatic rings. The summed E-state index contributed by atoms with van der Waals surface area (Å²) in [5.74, 6) is 0.440. The number of nitrogens with two attached hydrogens (primary N) is 1. The summed E-state index contributed by atoms with van der Waals surface area (Å²) in [5.41, 5.74) is 7.93. The van der Waals surface area contributed by atoms with Gasteiger partial charge in [-0.3, -0.25) is 9.59 Å². The van der Waals surface area contributed by atoms with Crippen molar-refractivity contribution in [2.24, 2.45) is 5.92 Å². The molecule has 0 radical (unpaired) electrons. The number of likely N-dealkylation sites (tertiary alicyclic amines) is 1. The Morgan fingerprint density at radius 3 is 2.70 bits per heavy atom. The number of carbonyl (C=O) groups excluding carboxylic acids is 2. The van der Waals surface area contributed by atoms with Crippen LogP contribution in [0.15, 0.2) is 18.3 Å². The van der Waals surface area contributed by atoms with Gasteiger partial charge in [0.15, 0.2) is 5.69 Å². The normalized spacial score (nSPS) is 15.6. The molecule has 1 atom stereocenters. The summed E-state index contributed by atoms with van der Waals surface area (Å²) in [6, 6.07) is 2.57. The third kappa shape index (κ3) is 5.41. The molecule has 2 aromatic rings. The summed E-state index contributed by atoms with van der Waals surface area (Å²) in [5, 5.41) is 10.3. The molecule has 1 fully saturated rings. The molecule has 2 aromatic heterocycles. The number of anilines is 1. The summed E-state index contributed by atoms with van der Waals surface area (Å²) in [6.07, 6.45) is 5.05. The van der Waals surface area contributed by atoms with Crippen LogP contribution in [0, 0.1) is 12.8 Å². The molecular weight excluding hydrogens is 406 g/mol. The molecular formula is C20H26ClN7O2.